The maximum atomic E-state index is 15.5. The van der Waals surface area contributed by atoms with E-state index in [1.54, 1.807) is 11.0 Å². The first-order valence-electron chi connectivity index (χ1n) is 13.3. The predicted octanol–water partition coefficient (Wildman–Crippen LogP) is 5.24. The molecule has 1 saturated heterocycles. The maximum absolute atomic E-state index is 15.5. The topological polar surface area (TPSA) is 66.1 Å². The van der Waals surface area contributed by atoms with Crippen LogP contribution in [0.5, 0.6) is 0 Å². The number of benzene rings is 2. The van der Waals surface area contributed by atoms with Gasteiger partial charge in [0.1, 0.15) is 28.5 Å². The number of amides is 2. The molecule has 0 N–H and O–H groups in total. The molecule has 3 fully saturated rings. The van der Waals surface area contributed by atoms with Crippen LogP contribution in [0.4, 0.5) is 4.39 Å². The molecule has 1 aromatic heterocycles. The number of halogens is 1. The zero-order valence-electron chi connectivity index (χ0n) is 21.2. The van der Waals surface area contributed by atoms with E-state index in [1.165, 1.54) is 6.07 Å². The third kappa shape index (κ3) is 3.70. The lowest BCUT2D eigenvalue weighted by atomic mass is 10.00. The van der Waals surface area contributed by atoms with Gasteiger partial charge in [0, 0.05) is 42.1 Å². The first kappa shape index (κ1) is 22.7. The van der Waals surface area contributed by atoms with Crippen LogP contribution in [0.1, 0.15) is 49.0 Å². The van der Waals surface area contributed by atoms with Gasteiger partial charge in [0.25, 0.3) is 5.91 Å². The average Bonchev–Trinajstić information content (AvgIpc) is 3.80. The van der Waals surface area contributed by atoms with Crippen molar-refractivity contribution in [1.82, 2.24) is 9.80 Å². The number of aryl methyl sites for hydroxylation is 2. The Hall–Kier alpha value is -3.48. The Kier molecular flexibility index (Phi) is 4.91. The minimum Gasteiger partial charge on any atom is -0.461 e. The fraction of sp³-hybridized carbons (Fsp3) is 0.433. The third-order valence-corrected chi connectivity index (χ3v) is 8.62. The van der Waals surface area contributed by atoms with Crippen LogP contribution >= 0.6 is 0 Å². The molecule has 3 aromatic rings. The fourth-order valence-corrected chi connectivity index (χ4v) is 5.92. The molecule has 6 nitrogen and oxygen atoms in total. The Morgan fingerprint density at radius 1 is 1.11 bits per heavy atom. The number of aliphatic imine (C=N–C) groups is 1. The fourth-order valence-electron chi connectivity index (χ4n) is 5.92. The first-order chi connectivity index (χ1) is 17.8. The number of furan rings is 1. The summed E-state index contributed by atoms with van der Waals surface area (Å²) in [6.07, 6.45) is 4.37. The van der Waals surface area contributed by atoms with Crippen molar-refractivity contribution in [2.75, 3.05) is 19.6 Å². The summed E-state index contributed by atoms with van der Waals surface area (Å²) in [5.74, 6) is 1.80. The van der Waals surface area contributed by atoms with E-state index in [0.717, 1.165) is 66.5 Å². The normalized spacial score (nSPS) is 22.4. The minimum absolute atomic E-state index is 0.0233. The second-order valence-corrected chi connectivity index (χ2v) is 11.3. The highest BCUT2D eigenvalue weighted by Crippen LogP contribution is 2.46. The molecule has 2 saturated carbocycles. The van der Waals surface area contributed by atoms with E-state index in [2.05, 4.69) is 0 Å². The van der Waals surface area contributed by atoms with Gasteiger partial charge in [-0.3, -0.25) is 19.5 Å². The van der Waals surface area contributed by atoms with E-state index in [0.29, 0.717) is 30.1 Å². The summed E-state index contributed by atoms with van der Waals surface area (Å²) in [5, 5.41) is 0.983. The number of rotatable bonds is 5. The molecule has 1 spiro atoms. The van der Waals surface area contributed by atoms with Crippen LogP contribution in [0, 0.1) is 31.5 Å². The number of amidine groups is 1. The summed E-state index contributed by atoms with van der Waals surface area (Å²) >= 11 is 0. The summed E-state index contributed by atoms with van der Waals surface area (Å²) in [6, 6.07) is 10.9. The van der Waals surface area contributed by atoms with Gasteiger partial charge in [0.15, 0.2) is 0 Å². The highest BCUT2D eigenvalue weighted by Gasteiger charge is 2.57. The van der Waals surface area contributed by atoms with E-state index in [9.17, 15) is 9.59 Å². The van der Waals surface area contributed by atoms with E-state index in [4.69, 9.17) is 9.41 Å². The standard InChI is InChI=1S/C30H30FN3O3/c1-17-18(2)37-26-8-6-21(13-24(17)26)23-7-5-22(14-25(23)31)27-32-30(10-11-30)29(36)34(27)16-19-9-12-33(15-19)28(35)20-3-4-20/h5-8,13-14,19-20H,3-4,9-12,15-16H2,1-2H3/t19-/m1/s1. The number of fused-ring (bicyclic) bond motifs is 1. The third-order valence-electron chi connectivity index (χ3n) is 8.62. The summed E-state index contributed by atoms with van der Waals surface area (Å²) < 4.78 is 21.3. The van der Waals surface area contributed by atoms with Gasteiger partial charge in [0.05, 0.1) is 0 Å². The highest BCUT2D eigenvalue weighted by molar-refractivity contribution is 6.16. The molecular formula is C30H30FN3O3. The summed E-state index contributed by atoms with van der Waals surface area (Å²) in [5.41, 5.74) is 3.11. The quantitative estimate of drug-likeness (QED) is 0.483. The SMILES string of the molecule is Cc1oc2ccc(-c3ccc(C4=NC5(CC5)C(=O)N4C[C@@H]4CCN(C(=O)C5CC5)C4)cc3F)cc2c1C. The van der Waals surface area contributed by atoms with Gasteiger partial charge in [-0.15, -0.1) is 0 Å². The zero-order valence-corrected chi connectivity index (χ0v) is 21.2. The van der Waals surface area contributed by atoms with Gasteiger partial charge >= 0.3 is 0 Å². The van der Waals surface area contributed by atoms with Crippen molar-refractivity contribution in [2.45, 2.75) is 51.5 Å². The van der Waals surface area contributed by atoms with E-state index >= 15 is 4.39 Å². The van der Waals surface area contributed by atoms with E-state index in [1.807, 2.05) is 43.0 Å². The Labute approximate surface area is 215 Å². The molecule has 37 heavy (non-hydrogen) atoms. The average molecular weight is 500 g/mol. The van der Waals surface area contributed by atoms with Crippen molar-refractivity contribution in [3.8, 4) is 11.1 Å². The molecule has 0 bridgehead atoms. The maximum Gasteiger partial charge on any atom is 0.256 e. The van der Waals surface area contributed by atoms with Crippen molar-refractivity contribution >= 4 is 28.6 Å². The number of hydrogen-bond donors (Lipinski definition) is 0. The molecule has 1 atom stereocenters. The van der Waals surface area contributed by atoms with Gasteiger partial charge in [0.2, 0.25) is 5.91 Å². The zero-order chi connectivity index (χ0) is 25.5. The number of hydrogen-bond acceptors (Lipinski definition) is 4. The molecule has 190 valence electrons. The largest absolute Gasteiger partial charge is 0.461 e. The lowest BCUT2D eigenvalue weighted by Crippen LogP contribution is -2.41. The molecule has 0 unspecified atom stereocenters. The Morgan fingerprint density at radius 3 is 2.62 bits per heavy atom. The minimum atomic E-state index is -0.658. The van der Waals surface area contributed by atoms with Gasteiger partial charge in [-0.25, -0.2) is 4.39 Å². The molecule has 2 amide bonds. The molecule has 3 heterocycles. The summed E-state index contributed by atoms with van der Waals surface area (Å²) in [4.78, 5) is 34.4. The second-order valence-electron chi connectivity index (χ2n) is 11.3. The smallest absolute Gasteiger partial charge is 0.256 e. The first-order valence-corrected chi connectivity index (χ1v) is 13.3. The molecule has 2 aromatic carbocycles. The predicted molar refractivity (Wildman–Crippen MR) is 139 cm³/mol. The lowest BCUT2D eigenvalue weighted by molar-refractivity contribution is -0.131. The van der Waals surface area contributed by atoms with Crippen molar-refractivity contribution in [1.29, 1.82) is 0 Å². The molecule has 7 heteroatoms. The molecule has 2 aliphatic carbocycles. The van der Waals surface area contributed by atoms with Crippen molar-refractivity contribution in [3.63, 3.8) is 0 Å². The Balaban J connectivity index is 1.16. The Morgan fingerprint density at radius 2 is 1.89 bits per heavy atom. The Bertz CT molecular complexity index is 1500. The van der Waals surface area contributed by atoms with Crippen molar-refractivity contribution in [3.05, 3.63) is 59.1 Å². The van der Waals surface area contributed by atoms with E-state index < -0.39 is 5.54 Å². The van der Waals surface area contributed by atoms with Crippen LogP contribution in [0.15, 0.2) is 45.8 Å². The molecule has 4 aliphatic rings. The van der Waals surface area contributed by atoms with Gasteiger partial charge in [-0.05, 0) is 81.2 Å². The summed E-state index contributed by atoms with van der Waals surface area (Å²) in [7, 11) is 0. The number of nitrogens with zero attached hydrogens (tertiary/aromatic N) is 3. The second kappa shape index (κ2) is 8.01. The van der Waals surface area contributed by atoms with Crippen LogP contribution in [0.3, 0.4) is 0 Å². The number of carbonyl (C=O) groups excluding carboxylic acids is 2. The molecular weight excluding hydrogens is 469 g/mol. The number of likely N-dealkylation sites (tertiary alicyclic amines) is 1. The van der Waals surface area contributed by atoms with Crippen LogP contribution in [-0.4, -0.2) is 52.6 Å². The molecule has 0 radical (unpaired) electrons. The number of carbonyl (C=O) groups is 2. The highest BCUT2D eigenvalue weighted by atomic mass is 19.1. The van der Waals surface area contributed by atoms with E-state index in [-0.39, 0.29) is 29.5 Å². The molecule has 7 rings (SSSR count). The van der Waals surface area contributed by atoms with Crippen LogP contribution in [-0.2, 0) is 9.59 Å². The van der Waals surface area contributed by atoms with Crippen LogP contribution < -0.4 is 0 Å². The van der Waals surface area contributed by atoms with Gasteiger partial charge in [-0.2, -0.15) is 0 Å². The summed E-state index contributed by atoms with van der Waals surface area (Å²) in [6.45, 7) is 5.89. The van der Waals surface area contributed by atoms with Crippen molar-refractivity contribution < 1.29 is 18.4 Å². The van der Waals surface area contributed by atoms with Crippen molar-refractivity contribution in [2.24, 2.45) is 16.8 Å². The van der Waals surface area contributed by atoms with Gasteiger partial charge < -0.3 is 9.32 Å². The lowest BCUT2D eigenvalue weighted by Gasteiger charge is -2.24. The monoisotopic (exact) mass is 499 g/mol. The molecule has 2 aliphatic heterocycles. The van der Waals surface area contributed by atoms with Crippen LogP contribution in [0.2, 0.25) is 0 Å². The van der Waals surface area contributed by atoms with Crippen LogP contribution in [0.25, 0.3) is 22.1 Å². The van der Waals surface area contributed by atoms with Gasteiger partial charge in [-0.1, -0.05) is 18.2 Å².